The topological polar surface area (TPSA) is 201 Å². The number of aliphatic hydroxyl groups is 2. The van der Waals surface area contributed by atoms with E-state index < -0.39 is 41.4 Å². The van der Waals surface area contributed by atoms with Crippen LogP contribution >= 0.6 is 23.3 Å². The van der Waals surface area contributed by atoms with E-state index in [0.29, 0.717) is 35.3 Å². The van der Waals surface area contributed by atoms with Crippen molar-refractivity contribution in [3.8, 4) is 0 Å². The lowest BCUT2D eigenvalue weighted by Crippen LogP contribution is -2.71. The molecule has 4 rings (SSSR count). The van der Waals surface area contributed by atoms with Crippen LogP contribution in [0.5, 0.6) is 0 Å². The summed E-state index contributed by atoms with van der Waals surface area (Å²) in [5.41, 5.74) is 5.77. The molecule has 0 aliphatic carbocycles. The molecule has 4 heterocycles. The van der Waals surface area contributed by atoms with Gasteiger partial charge >= 0.3 is 5.97 Å². The second-order valence-corrected chi connectivity index (χ2v) is 10.7. The van der Waals surface area contributed by atoms with Crippen LogP contribution in [-0.4, -0.2) is 121 Å². The number of nitrogen functional groups attached to an aromatic ring is 1. The Morgan fingerprint density at radius 3 is 2.71 bits per heavy atom. The Labute approximate surface area is 208 Å². The predicted molar refractivity (Wildman–Crippen MR) is 125 cm³/mol. The zero-order chi connectivity index (χ0) is 25.5. The van der Waals surface area contributed by atoms with Gasteiger partial charge in [0.1, 0.15) is 43.4 Å². The molecule has 2 saturated heterocycles. The van der Waals surface area contributed by atoms with Crippen LogP contribution in [0.25, 0.3) is 0 Å². The van der Waals surface area contributed by atoms with E-state index >= 15 is 0 Å². The number of aliphatic carboxylic acids is 1. The number of thioether (sulfide) groups is 1. The lowest BCUT2D eigenvalue weighted by molar-refractivity contribution is -0.914. The third-order valence-electron chi connectivity index (χ3n) is 6.20. The van der Waals surface area contributed by atoms with Gasteiger partial charge in [-0.2, -0.15) is 9.36 Å². The number of aliphatic hydroxyl groups excluding tert-OH is 2. The number of anilines is 1. The SMILES string of the molecule is CON=C(C(=O)NC1C(=O)N2C(C(=O)O)=C(C[N@+]3(C)CCC(O)[C@@H](O)C3)CS[C@@H]12)c1nsc(N)n1. The summed E-state index contributed by atoms with van der Waals surface area (Å²) in [5, 5.41) is 35.6. The number of nitrogens with one attached hydrogen (secondary N) is 1. The van der Waals surface area contributed by atoms with Crippen LogP contribution in [0.2, 0.25) is 0 Å². The molecule has 2 amide bonds. The summed E-state index contributed by atoms with van der Waals surface area (Å²) in [4.78, 5) is 47.8. The van der Waals surface area contributed by atoms with Crippen LogP contribution in [-0.2, 0) is 19.2 Å². The number of nitrogens with zero attached hydrogens (tertiary/aromatic N) is 5. The molecule has 2 unspecified atom stereocenters. The van der Waals surface area contributed by atoms with Crippen LogP contribution in [0.3, 0.4) is 0 Å². The number of nitrogens with two attached hydrogens (primary N) is 1. The minimum atomic E-state index is -1.24. The van der Waals surface area contributed by atoms with Crippen molar-refractivity contribution in [3.63, 3.8) is 0 Å². The van der Waals surface area contributed by atoms with E-state index in [1.165, 1.54) is 23.8 Å². The molecule has 14 nitrogen and oxygen atoms in total. The molecule has 1 aromatic heterocycles. The number of carboxylic acid groups (broad SMARTS) is 1. The molecule has 6 N–H and O–H groups in total. The fourth-order valence-corrected chi connectivity index (χ4v) is 6.30. The van der Waals surface area contributed by atoms with Crippen LogP contribution in [0.1, 0.15) is 12.2 Å². The summed E-state index contributed by atoms with van der Waals surface area (Å²) >= 11 is 2.21. The summed E-state index contributed by atoms with van der Waals surface area (Å²) in [7, 11) is 3.13. The van der Waals surface area contributed by atoms with Gasteiger partial charge in [0.2, 0.25) is 11.5 Å². The van der Waals surface area contributed by atoms with Crippen molar-refractivity contribution >= 4 is 51.9 Å². The number of hydrogen-bond acceptors (Lipinski definition) is 12. The summed E-state index contributed by atoms with van der Waals surface area (Å²) in [6.07, 6.45) is -1.31. The van der Waals surface area contributed by atoms with Gasteiger partial charge in [-0.15, -0.1) is 11.8 Å². The number of piperidine rings is 1. The molecule has 16 heteroatoms. The summed E-state index contributed by atoms with van der Waals surface area (Å²) in [6.45, 7) is 1.15. The molecule has 190 valence electrons. The molecular weight excluding hydrogens is 502 g/mol. The Morgan fingerprint density at radius 1 is 1.37 bits per heavy atom. The van der Waals surface area contributed by atoms with Crippen LogP contribution in [0, 0.1) is 0 Å². The quantitative estimate of drug-likeness (QED) is 0.111. The third kappa shape index (κ3) is 4.84. The largest absolute Gasteiger partial charge is 0.477 e. The molecular formula is C19H26N7O7S2+. The number of fused-ring (bicyclic) bond motifs is 1. The van der Waals surface area contributed by atoms with Gasteiger partial charge in [-0.3, -0.25) is 14.5 Å². The van der Waals surface area contributed by atoms with Crippen molar-refractivity contribution in [3.05, 3.63) is 17.1 Å². The average molecular weight is 529 g/mol. The van der Waals surface area contributed by atoms with E-state index in [0.717, 1.165) is 11.5 Å². The minimum Gasteiger partial charge on any atom is -0.477 e. The summed E-state index contributed by atoms with van der Waals surface area (Å²) in [5.74, 6) is -2.28. The zero-order valence-electron chi connectivity index (χ0n) is 18.9. The van der Waals surface area contributed by atoms with Gasteiger partial charge in [-0.25, -0.2) is 4.79 Å². The molecule has 3 aliphatic rings. The molecule has 0 radical (unpaired) electrons. The van der Waals surface area contributed by atoms with Crippen molar-refractivity contribution in [2.45, 2.75) is 30.0 Å². The van der Waals surface area contributed by atoms with Gasteiger partial charge in [-0.05, 0) is 0 Å². The van der Waals surface area contributed by atoms with Gasteiger partial charge in [0.05, 0.1) is 19.7 Å². The standard InChI is InChI=1S/C19H25N7O7S2/c1-26(4-3-9(27)10(28)6-26)5-8-7-34-17-12(16(30)25(17)13(8)18(31)32)21-15(29)11(23-33-2)14-22-19(20)35-24-14/h9-10,12,17,27-28H,3-7H2,1-2H3,(H3-,20,21,22,24,29,31,32)/p+1/t9?,10-,12?,17-,26-/m0/s1. The number of amides is 2. The smallest absolute Gasteiger partial charge is 0.352 e. The van der Waals surface area contributed by atoms with E-state index in [1.807, 2.05) is 7.05 Å². The Balaban J connectivity index is 1.51. The number of likely N-dealkylation sites (N-methyl/N-ethyl adjacent to an activating group) is 1. The molecule has 5 atom stereocenters. The van der Waals surface area contributed by atoms with E-state index in [9.17, 15) is 29.7 Å². The highest BCUT2D eigenvalue weighted by Crippen LogP contribution is 2.41. The number of carboxylic acids is 1. The average Bonchev–Trinajstić information content (AvgIpc) is 3.23. The molecule has 35 heavy (non-hydrogen) atoms. The lowest BCUT2D eigenvalue weighted by Gasteiger charge is -2.50. The van der Waals surface area contributed by atoms with Crippen LogP contribution in [0.4, 0.5) is 5.13 Å². The Hall–Kier alpha value is -2.79. The Morgan fingerprint density at radius 2 is 2.11 bits per heavy atom. The number of oxime groups is 1. The fraction of sp³-hybridized carbons (Fsp3) is 0.579. The molecule has 1 aromatic rings. The number of carbonyl (C=O) groups excluding carboxylic acids is 2. The van der Waals surface area contributed by atoms with Crippen LogP contribution < -0.4 is 11.1 Å². The first-order valence-corrected chi connectivity index (χ1v) is 12.5. The fourth-order valence-electron chi connectivity index (χ4n) is 4.53. The zero-order valence-corrected chi connectivity index (χ0v) is 20.6. The van der Waals surface area contributed by atoms with E-state index in [-0.39, 0.29) is 28.9 Å². The van der Waals surface area contributed by atoms with E-state index in [1.54, 1.807) is 0 Å². The van der Waals surface area contributed by atoms with Crippen molar-refractivity contribution in [2.75, 3.05) is 45.3 Å². The summed E-state index contributed by atoms with van der Waals surface area (Å²) in [6, 6.07) is -0.974. The molecule has 0 spiro atoms. The van der Waals surface area contributed by atoms with Gasteiger partial charge in [0.25, 0.3) is 11.8 Å². The van der Waals surface area contributed by atoms with Gasteiger partial charge < -0.3 is 35.7 Å². The number of rotatable bonds is 7. The summed E-state index contributed by atoms with van der Waals surface area (Å²) < 4.78 is 4.28. The van der Waals surface area contributed by atoms with Gasteiger partial charge in [0, 0.05) is 29.3 Å². The third-order valence-corrected chi connectivity index (χ3v) is 8.08. The first-order valence-electron chi connectivity index (χ1n) is 10.7. The normalized spacial score (nSPS) is 31.0. The van der Waals surface area contributed by atoms with Gasteiger partial charge in [0.15, 0.2) is 5.13 Å². The molecule has 0 bridgehead atoms. The number of hydrogen-bond donors (Lipinski definition) is 5. The molecule has 0 saturated carbocycles. The number of likely N-dealkylation sites (tertiary alicyclic amines) is 1. The van der Waals surface area contributed by atoms with Crippen LogP contribution in [0.15, 0.2) is 16.4 Å². The van der Waals surface area contributed by atoms with Crippen molar-refractivity contribution in [1.82, 2.24) is 19.6 Å². The Bertz CT molecular complexity index is 1110. The monoisotopic (exact) mass is 528 g/mol. The number of quaternary nitrogens is 1. The maximum Gasteiger partial charge on any atom is 0.352 e. The van der Waals surface area contributed by atoms with E-state index in [4.69, 9.17) is 10.6 Å². The lowest BCUT2D eigenvalue weighted by atomic mass is 9.99. The number of aromatic nitrogens is 2. The predicted octanol–water partition coefficient (Wildman–Crippen LogP) is -2.22. The van der Waals surface area contributed by atoms with E-state index in [2.05, 4.69) is 19.8 Å². The van der Waals surface area contributed by atoms with Crippen molar-refractivity contribution < 1.29 is 39.0 Å². The first kappa shape index (κ1) is 25.3. The van der Waals surface area contributed by atoms with Gasteiger partial charge in [-0.1, -0.05) is 5.16 Å². The second kappa shape index (κ2) is 9.69. The number of carbonyl (C=O) groups is 3. The Kier molecular flexibility index (Phi) is 7.01. The minimum absolute atomic E-state index is 0.0500. The van der Waals surface area contributed by atoms with Crippen molar-refractivity contribution in [1.29, 1.82) is 0 Å². The highest BCUT2D eigenvalue weighted by atomic mass is 32.2. The highest BCUT2D eigenvalue weighted by Gasteiger charge is 2.55. The number of β-lactam (4-membered cyclic amide) rings is 1. The van der Waals surface area contributed by atoms with Crippen molar-refractivity contribution in [2.24, 2.45) is 5.16 Å². The maximum atomic E-state index is 13.0. The molecule has 2 fully saturated rings. The molecule has 3 aliphatic heterocycles. The maximum absolute atomic E-state index is 13.0. The second-order valence-electron chi connectivity index (χ2n) is 8.80. The highest BCUT2D eigenvalue weighted by molar-refractivity contribution is 8.00. The first-order chi connectivity index (χ1) is 16.5. The molecule has 0 aromatic carbocycles.